The molecular weight excluding hydrogens is 180 g/mol. The van der Waals surface area contributed by atoms with Gasteiger partial charge in [-0.2, -0.15) is 0 Å². The maximum Gasteiger partial charge on any atom is 0.196 e. The number of aliphatic hydroxyl groups excluding tert-OH is 1. The summed E-state index contributed by atoms with van der Waals surface area (Å²) < 4.78 is 1.83. The Morgan fingerprint density at radius 1 is 1.36 bits per heavy atom. The van der Waals surface area contributed by atoms with Gasteiger partial charge in [-0.15, -0.1) is 0 Å². The number of imidazole rings is 1. The summed E-state index contributed by atoms with van der Waals surface area (Å²) >= 11 is 0. The predicted molar refractivity (Wildman–Crippen MR) is 50.2 cm³/mol. The molecule has 0 aliphatic heterocycles. The Balaban J connectivity index is 2.47. The van der Waals surface area contributed by atoms with Crippen LogP contribution >= 0.6 is 0 Å². The van der Waals surface area contributed by atoms with Crippen molar-refractivity contribution in [3.63, 3.8) is 0 Å². The van der Waals surface area contributed by atoms with Crippen LogP contribution in [0.1, 0.15) is 5.69 Å². The normalized spacial score (nSPS) is 10.4. The first-order valence-electron chi connectivity index (χ1n) is 4.21. The monoisotopic (exact) mass is 190 g/mol. The van der Waals surface area contributed by atoms with E-state index >= 15 is 0 Å². The Bertz CT molecular complexity index is 438. The largest absolute Gasteiger partial charge is 0.390 e. The van der Waals surface area contributed by atoms with Crippen molar-refractivity contribution < 1.29 is 5.11 Å². The Kier molecular flexibility index (Phi) is 2.24. The van der Waals surface area contributed by atoms with Gasteiger partial charge >= 0.3 is 0 Å². The third-order valence-electron chi connectivity index (χ3n) is 1.90. The van der Waals surface area contributed by atoms with Crippen LogP contribution in [-0.4, -0.2) is 24.6 Å². The van der Waals surface area contributed by atoms with Gasteiger partial charge in [0.05, 0.1) is 12.3 Å². The first-order chi connectivity index (χ1) is 6.81. The molecule has 0 saturated heterocycles. The fourth-order valence-corrected chi connectivity index (χ4v) is 1.17. The molecule has 5 heteroatoms. The molecule has 0 fully saturated rings. The van der Waals surface area contributed by atoms with E-state index in [1.807, 2.05) is 17.8 Å². The number of aromatic nitrogens is 4. The van der Waals surface area contributed by atoms with Crippen LogP contribution in [0.5, 0.6) is 0 Å². The molecule has 0 aliphatic rings. The average Bonchev–Trinajstić information content (AvgIpc) is 2.65. The lowest BCUT2D eigenvalue weighted by atomic mass is 10.4. The minimum Gasteiger partial charge on any atom is -0.390 e. The van der Waals surface area contributed by atoms with Crippen molar-refractivity contribution in [3.8, 4) is 11.6 Å². The predicted octanol–water partition coefficient (Wildman–Crippen LogP) is 0.369. The van der Waals surface area contributed by atoms with Crippen LogP contribution in [-0.2, 0) is 13.7 Å². The smallest absolute Gasteiger partial charge is 0.196 e. The zero-order valence-corrected chi connectivity index (χ0v) is 7.75. The highest BCUT2D eigenvalue weighted by Crippen LogP contribution is 2.10. The lowest BCUT2D eigenvalue weighted by Crippen LogP contribution is -1.99. The van der Waals surface area contributed by atoms with Gasteiger partial charge in [0.15, 0.2) is 11.6 Å². The molecule has 0 atom stereocenters. The standard InChI is InChI=1S/C9H10N4O/c1-13-5-4-11-9(13)8-10-3-2-7(6-14)12-8/h2-5,14H,6H2,1H3. The quantitative estimate of drug-likeness (QED) is 0.743. The number of rotatable bonds is 2. The van der Waals surface area contributed by atoms with Gasteiger partial charge in [-0.05, 0) is 6.07 Å². The van der Waals surface area contributed by atoms with Crippen molar-refractivity contribution in [1.82, 2.24) is 19.5 Å². The van der Waals surface area contributed by atoms with Gasteiger partial charge in [-0.1, -0.05) is 0 Å². The zero-order valence-electron chi connectivity index (χ0n) is 7.75. The van der Waals surface area contributed by atoms with Gasteiger partial charge in [0.25, 0.3) is 0 Å². The Morgan fingerprint density at radius 2 is 2.21 bits per heavy atom. The second-order valence-electron chi connectivity index (χ2n) is 2.89. The molecule has 0 aromatic carbocycles. The van der Waals surface area contributed by atoms with Crippen LogP contribution in [0.4, 0.5) is 0 Å². The van der Waals surface area contributed by atoms with Gasteiger partial charge in [0, 0.05) is 25.6 Å². The van der Waals surface area contributed by atoms with E-state index in [-0.39, 0.29) is 6.61 Å². The number of nitrogens with zero attached hydrogens (tertiary/aromatic N) is 4. The van der Waals surface area contributed by atoms with E-state index in [4.69, 9.17) is 5.11 Å². The fraction of sp³-hybridized carbons (Fsp3) is 0.222. The summed E-state index contributed by atoms with van der Waals surface area (Å²) in [6.07, 6.45) is 5.12. The summed E-state index contributed by atoms with van der Waals surface area (Å²) in [6, 6.07) is 1.67. The van der Waals surface area contributed by atoms with Crippen molar-refractivity contribution in [2.75, 3.05) is 0 Å². The van der Waals surface area contributed by atoms with Crippen LogP contribution in [0.3, 0.4) is 0 Å². The van der Waals surface area contributed by atoms with Gasteiger partial charge in [0.2, 0.25) is 0 Å². The number of hydrogen-bond acceptors (Lipinski definition) is 4. The Morgan fingerprint density at radius 3 is 2.86 bits per heavy atom. The van der Waals surface area contributed by atoms with Crippen molar-refractivity contribution in [1.29, 1.82) is 0 Å². The summed E-state index contributed by atoms with van der Waals surface area (Å²) in [6.45, 7) is -0.0834. The molecule has 72 valence electrons. The Labute approximate surface area is 81.1 Å². The lowest BCUT2D eigenvalue weighted by Gasteiger charge is -2.01. The van der Waals surface area contributed by atoms with E-state index in [0.717, 1.165) is 0 Å². The van der Waals surface area contributed by atoms with Gasteiger partial charge < -0.3 is 9.67 Å². The molecule has 0 aliphatic carbocycles. The average molecular weight is 190 g/mol. The van der Waals surface area contributed by atoms with Crippen LogP contribution < -0.4 is 0 Å². The van der Waals surface area contributed by atoms with E-state index in [1.54, 1.807) is 18.5 Å². The number of aliphatic hydroxyl groups is 1. The highest BCUT2D eigenvalue weighted by atomic mass is 16.3. The summed E-state index contributed by atoms with van der Waals surface area (Å²) in [5.41, 5.74) is 0.595. The summed E-state index contributed by atoms with van der Waals surface area (Å²) in [5.74, 6) is 1.23. The molecule has 0 unspecified atom stereocenters. The highest BCUT2D eigenvalue weighted by Gasteiger charge is 2.06. The molecule has 2 heterocycles. The number of hydrogen-bond donors (Lipinski definition) is 1. The molecule has 0 radical (unpaired) electrons. The summed E-state index contributed by atoms with van der Waals surface area (Å²) in [5, 5.41) is 8.91. The van der Waals surface area contributed by atoms with Crippen LogP contribution in [0.15, 0.2) is 24.7 Å². The molecule has 0 spiro atoms. The molecule has 2 aromatic rings. The van der Waals surface area contributed by atoms with Crippen LogP contribution in [0, 0.1) is 0 Å². The SMILES string of the molecule is Cn1ccnc1-c1nccc(CO)n1. The second kappa shape index (κ2) is 3.55. The number of aryl methyl sites for hydroxylation is 1. The fourth-order valence-electron chi connectivity index (χ4n) is 1.17. The molecule has 0 amide bonds. The maximum absolute atomic E-state index is 8.91. The van der Waals surface area contributed by atoms with Crippen molar-refractivity contribution >= 4 is 0 Å². The second-order valence-corrected chi connectivity index (χ2v) is 2.89. The Hall–Kier alpha value is -1.75. The summed E-state index contributed by atoms with van der Waals surface area (Å²) in [7, 11) is 1.87. The molecule has 2 aromatic heterocycles. The van der Waals surface area contributed by atoms with Crippen LogP contribution in [0.2, 0.25) is 0 Å². The van der Waals surface area contributed by atoms with Crippen molar-refractivity contribution in [2.24, 2.45) is 7.05 Å². The molecule has 5 nitrogen and oxygen atoms in total. The maximum atomic E-state index is 8.91. The van der Waals surface area contributed by atoms with Crippen molar-refractivity contribution in [2.45, 2.75) is 6.61 Å². The van der Waals surface area contributed by atoms with E-state index in [1.165, 1.54) is 0 Å². The van der Waals surface area contributed by atoms with E-state index in [0.29, 0.717) is 17.3 Å². The minimum absolute atomic E-state index is 0.0834. The molecule has 0 saturated carbocycles. The lowest BCUT2D eigenvalue weighted by molar-refractivity contribution is 0.276. The topological polar surface area (TPSA) is 63.8 Å². The van der Waals surface area contributed by atoms with Gasteiger partial charge in [-0.3, -0.25) is 0 Å². The highest BCUT2D eigenvalue weighted by molar-refractivity contribution is 5.43. The molecule has 0 bridgehead atoms. The summed E-state index contributed by atoms with van der Waals surface area (Å²) in [4.78, 5) is 12.4. The third kappa shape index (κ3) is 1.49. The molecular formula is C9H10N4O. The third-order valence-corrected chi connectivity index (χ3v) is 1.90. The van der Waals surface area contributed by atoms with E-state index in [2.05, 4.69) is 15.0 Å². The van der Waals surface area contributed by atoms with E-state index < -0.39 is 0 Å². The zero-order chi connectivity index (χ0) is 9.97. The first-order valence-corrected chi connectivity index (χ1v) is 4.21. The van der Waals surface area contributed by atoms with Gasteiger partial charge in [-0.25, -0.2) is 15.0 Å². The van der Waals surface area contributed by atoms with E-state index in [9.17, 15) is 0 Å². The van der Waals surface area contributed by atoms with Crippen molar-refractivity contribution in [3.05, 3.63) is 30.4 Å². The van der Waals surface area contributed by atoms with Gasteiger partial charge in [0.1, 0.15) is 0 Å². The molecule has 2 rings (SSSR count). The van der Waals surface area contributed by atoms with Crippen LogP contribution in [0.25, 0.3) is 11.6 Å². The molecule has 14 heavy (non-hydrogen) atoms. The molecule has 1 N–H and O–H groups in total. The first kappa shape index (κ1) is 8.83. The minimum atomic E-state index is -0.0834.